The zero-order chi connectivity index (χ0) is 27.4. The van der Waals surface area contributed by atoms with Gasteiger partial charge in [-0.3, -0.25) is 0 Å². The average molecular weight is 539 g/mol. The van der Waals surface area contributed by atoms with Crippen LogP contribution in [0.2, 0.25) is 0 Å². The van der Waals surface area contributed by atoms with Crippen molar-refractivity contribution < 1.29 is 45.6 Å². The largest absolute Gasteiger partial charge is 0.447 e. The molecule has 0 saturated heterocycles. The van der Waals surface area contributed by atoms with Crippen molar-refractivity contribution in [1.29, 1.82) is 0 Å². The maximum Gasteiger partial charge on any atom is 0.412 e. The lowest BCUT2D eigenvalue weighted by molar-refractivity contribution is -0.00942. The first kappa shape index (κ1) is 35.1. The van der Waals surface area contributed by atoms with E-state index in [1.54, 1.807) is 13.0 Å². The van der Waals surface area contributed by atoms with Gasteiger partial charge in [-0.2, -0.15) is 0 Å². The number of alkyl carbamates (subject to hydrolysis) is 2. The standard InChI is InChI=1S/C26H50N2O9.2H2/c1-5-24(4)37-26(30)28-12-9-7-6-8-11-27-25(29)36-22-21-34-20-19-33-18-17-32-16-15-31-13-10-14-35-23(2)3;;/h5,23H,6-22H2,1-4H3,(H,27,29)(H,28,30);2*1H/b24-5+;;. The molecule has 2 amide bonds. The lowest BCUT2D eigenvalue weighted by Crippen LogP contribution is -2.27. The molecule has 37 heavy (non-hydrogen) atoms. The van der Waals surface area contributed by atoms with Gasteiger partial charge in [0.25, 0.3) is 0 Å². The molecule has 222 valence electrons. The van der Waals surface area contributed by atoms with E-state index in [0.717, 1.165) is 32.1 Å². The summed E-state index contributed by atoms with van der Waals surface area (Å²) in [7, 11) is 0. The SMILES string of the molecule is C/C=C(\C)OC(=O)NCCCCCCNC(=O)OCCOCCOCCOCCOCCCOC(C)C.[HH].[HH]. The number of ether oxygens (including phenoxy) is 7. The summed E-state index contributed by atoms with van der Waals surface area (Å²) < 4.78 is 37.2. The van der Waals surface area contributed by atoms with Crippen LogP contribution in [0.15, 0.2) is 11.8 Å². The molecule has 2 N–H and O–H groups in total. The normalized spacial score (nSPS) is 11.5. The smallest absolute Gasteiger partial charge is 0.412 e. The molecule has 0 heterocycles. The number of carbonyl (C=O) groups is 2. The molecule has 0 aromatic heterocycles. The minimum atomic E-state index is -0.450. The van der Waals surface area contributed by atoms with E-state index in [-0.39, 0.29) is 15.6 Å². The van der Waals surface area contributed by atoms with E-state index in [0.29, 0.717) is 78.3 Å². The molecule has 0 rings (SSSR count). The van der Waals surface area contributed by atoms with Gasteiger partial charge >= 0.3 is 12.2 Å². The number of nitrogens with one attached hydrogen (secondary N) is 2. The summed E-state index contributed by atoms with van der Waals surface area (Å²) in [6, 6.07) is 0. The number of carbonyl (C=O) groups excluding carboxylic acids is 2. The van der Waals surface area contributed by atoms with Gasteiger partial charge in [0.15, 0.2) is 0 Å². The number of hydrogen-bond acceptors (Lipinski definition) is 9. The summed E-state index contributed by atoms with van der Waals surface area (Å²) in [5.41, 5.74) is 0. The molecule has 0 aliphatic carbocycles. The maximum atomic E-state index is 11.6. The molecule has 0 bridgehead atoms. The minimum absolute atomic E-state index is 0. The van der Waals surface area contributed by atoms with Crippen molar-refractivity contribution in [2.45, 2.75) is 65.9 Å². The van der Waals surface area contributed by atoms with Gasteiger partial charge in [0.05, 0.1) is 52.4 Å². The molecule has 0 aromatic rings. The van der Waals surface area contributed by atoms with Crippen molar-refractivity contribution in [3.05, 3.63) is 11.8 Å². The fourth-order valence-electron chi connectivity index (χ4n) is 2.71. The highest BCUT2D eigenvalue weighted by Gasteiger charge is 2.03. The second kappa shape index (κ2) is 27.1. The Morgan fingerprint density at radius 1 is 0.676 bits per heavy atom. The predicted octanol–water partition coefficient (Wildman–Crippen LogP) is 4.30. The first-order chi connectivity index (χ1) is 18.0. The van der Waals surface area contributed by atoms with E-state index in [2.05, 4.69) is 10.6 Å². The molecule has 0 atom stereocenters. The molecule has 0 spiro atoms. The topological polar surface area (TPSA) is 123 Å². The Hall–Kier alpha value is -1.92. The first-order valence-corrected chi connectivity index (χ1v) is 13.4. The Labute approximate surface area is 225 Å². The molecule has 0 fully saturated rings. The summed E-state index contributed by atoms with van der Waals surface area (Å²) >= 11 is 0. The Kier molecular flexibility index (Phi) is 25.7. The first-order valence-electron chi connectivity index (χ1n) is 13.4. The number of hydrogen-bond donors (Lipinski definition) is 2. The van der Waals surface area contributed by atoms with Crippen molar-refractivity contribution in [3.8, 4) is 0 Å². The third-order valence-electron chi connectivity index (χ3n) is 4.76. The Balaban J connectivity index is -0.00000648. The van der Waals surface area contributed by atoms with Crippen LogP contribution in [0.1, 0.15) is 62.7 Å². The summed E-state index contributed by atoms with van der Waals surface area (Å²) in [6.07, 6.45) is 5.58. The van der Waals surface area contributed by atoms with Crippen molar-refractivity contribution in [2.24, 2.45) is 0 Å². The van der Waals surface area contributed by atoms with Gasteiger partial charge in [-0.05, 0) is 53.0 Å². The molecule has 11 nitrogen and oxygen atoms in total. The van der Waals surface area contributed by atoms with E-state index in [4.69, 9.17) is 33.2 Å². The molecular formula is C26H54N2O9. The molecule has 0 saturated carbocycles. The van der Waals surface area contributed by atoms with E-state index >= 15 is 0 Å². The predicted molar refractivity (Wildman–Crippen MR) is 145 cm³/mol. The van der Waals surface area contributed by atoms with Crippen LogP contribution >= 0.6 is 0 Å². The minimum Gasteiger partial charge on any atom is -0.447 e. The Morgan fingerprint density at radius 2 is 1.16 bits per heavy atom. The van der Waals surface area contributed by atoms with Gasteiger partial charge in [0.2, 0.25) is 0 Å². The Bertz CT molecular complexity index is 586. The highest BCUT2D eigenvalue weighted by Crippen LogP contribution is 1.99. The lowest BCUT2D eigenvalue weighted by atomic mass is 10.2. The van der Waals surface area contributed by atoms with Gasteiger partial charge < -0.3 is 43.8 Å². The molecule has 0 aliphatic heterocycles. The third-order valence-corrected chi connectivity index (χ3v) is 4.76. The Morgan fingerprint density at radius 3 is 1.68 bits per heavy atom. The second-order valence-corrected chi connectivity index (χ2v) is 8.42. The van der Waals surface area contributed by atoms with Gasteiger partial charge in [-0.25, -0.2) is 9.59 Å². The number of unbranched alkanes of at least 4 members (excludes halogenated alkanes) is 3. The van der Waals surface area contributed by atoms with Crippen molar-refractivity contribution >= 4 is 12.2 Å². The zero-order valence-electron chi connectivity index (χ0n) is 23.3. The summed E-state index contributed by atoms with van der Waals surface area (Å²) in [4.78, 5) is 23.1. The van der Waals surface area contributed by atoms with Crippen LogP contribution in [0, 0.1) is 0 Å². The highest BCUT2D eigenvalue weighted by molar-refractivity contribution is 5.68. The molecule has 0 aliphatic rings. The summed E-state index contributed by atoms with van der Waals surface area (Å²) in [5.74, 6) is 0.574. The van der Waals surface area contributed by atoms with Crippen molar-refractivity contribution in [1.82, 2.24) is 10.6 Å². The van der Waals surface area contributed by atoms with Gasteiger partial charge in [-0.15, -0.1) is 0 Å². The fourth-order valence-corrected chi connectivity index (χ4v) is 2.71. The van der Waals surface area contributed by atoms with E-state index < -0.39 is 12.2 Å². The summed E-state index contributed by atoms with van der Waals surface area (Å²) in [6.45, 7) is 13.5. The number of allylic oxidation sites excluding steroid dienone is 2. The average Bonchev–Trinajstić information content (AvgIpc) is 2.87. The van der Waals surface area contributed by atoms with Crippen molar-refractivity contribution in [2.75, 3.05) is 79.2 Å². The quantitative estimate of drug-likeness (QED) is 0.129. The van der Waals surface area contributed by atoms with Crippen LogP contribution in [-0.4, -0.2) is 97.4 Å². The number of amides is 2. The molecule has 0 aromatic carbocycles. The van der Waals surface area contributed by atoms with Crippen LogP contribution in [0.4, 0.5) is 9.59 Å². The molecule has 0 radical (unpaired) electrons. The third kappa shape index (κ3) is 28.5. The lowest BCUT2D eigenvalue weighted by Gasteiger charge is -2.09. The van der Waals surface area contributed by atoms with Gasteiger partial charge in [-0.1, -0.05) is 12.8 Å². The van der Waals surface area contributed by atoms with Crippen LogP contribution in [0.5, 0.6) is 0 Å². The van der Waals surface area contributed by atoms with E-state index in [9.17, 15) is 9.59 Å². The molecular weight excluding hydrogens is 484 g/mol. The van der Waals surface area contributed by atoms with Crippen LogP contribution in [0.25, 0.3) is 0 Å². The summed E-state index contributed by atoms with van der Waals surface area (Å²) in [5, 5.41) is 5.41. The highest BCUT2D eigenvalue weighted by atomic mass is 16.6. The van der Waals surface area contributed by atoms with Crippen molar-refractivity contribution in [3.63, 3.8) is 0 Å². The van der Waals surface area contributed by atoms with Crippen LogP contribution < -0.4 is 10.6 Å². The fraction of sp³-hybridized carbons (Fsp3) is 0.846. The molecule has 11 heteroatoms. The van der Waals surface area contributed by atoms with E-state index in [1.165, 1.54) is 0 Å². The molecule has 0 unspecified atom stereocenters. The number of rotatable bonds is 25. The van der Waals surface area contributed by atoms with Crippen LogP contribution in [0.3, 0.4) is 0 Å². The van der Waals surface area contributed by atoms with Gasteiger partial charge in [0.1, 0.15) is 12.4 Å². The monoisotopic (exact) mass is 538 g/mol. The van der Waals surface area contributed by atoms with Gasteiger partial charge in [0, 0.05) is 29.2 Å². The van der Waals surface area contributed by atoms with Crippen LogP contribution in [-0.2, 0) is 33.2 Å². The maximum absolute atomic E-state index is 11.6. The zero-order valence-corrected chi connectivity index (χ0v) is 23.3. The second-order valence-electron chi connectivity index (χ2n) is 8.42. The van der Waals surface area contributed by atoms with E-state index in [1.807, 2.05) is 20.8 Å².